The Morgan fingerprint density at radius 1 is 0.925 bits per heavy atom. The molecule has 0 bridgehead atoms. The van der Waals surface area contributed by atoms with Crippen LogP contribution in [-0.4, -0.2) is 111 Å². The van der Waals surface area contributed by atoms with Crippen LogP contribution in [0.3, 0.4) is 0 Å². The van der Waals surface area contributed by atoms with Gasteiger partial charge in [-0.1, -0.05) is 12.1 Å². The van der Waals surface area contributed by atoms with Gasteiger partial charge in [-0.15, -0.1) is 10.2 Å². The molecule has 0 unspecified atom stereocenters. The molecule has 2 aliphatic rings. The van der Waals surface area contributed by atoms with E-state index in [0.717, 1.165) is 22.8 Å². The van der Waals surface area contributed by atoms with Crippen molar-refractivity contribution in [1.82, 2.24) is 24.9 Å². The molecule has 1 aromatic heterocycles. The average Bonchev–Trinajstić information content (AvgIpc) is 3.47. The number of hydrogen-bond donors (Lipinski definition) is 0. The van der Waals surface area contributed by atoms with Crippen LogP contribution in [0.15, 0.2) is 54.6 Å². The molecule has 2 aromatic carbocycles. The molecule has 1 fully saturated rings. The minimum absolute atomic E-state index is 0.0101. The summed E-state index contributed by atoms with van der Waals surface area (Å²) in [4.78, 5) is 34.2. The van der Waals surface area contributed by atoms with Crippen molar-refractivity contribution < 1.29 is 23.8 Å². The summed E-state index contributed by atoms with van der Waals surface area (Å²) < 4.78 is 16.1. The van der Waals surface area contributed by atoms with Crippen molar-refractivity contribution in [3.8, 4) is 28.5 Å². The number of likely N-dealkylation sites (N-methyl/N-ethyl adjacent to an activating group) is 1. The summed E-state index contributed by atoms with van der Waals surface area (Å²) in [5, 5.41) is 8.83. The number of ether oxygens (including phenoxy) is 3. The van der Waals surface area contributed by atoms with Gasteiger partial charge in [-0.3, -0.25) is 9.59 Å². The number of carbonyl (C=O) groups is 2. The molecule has 0 saturated carbocycles. The number of hydrogen-bond acceptors (Lipinski definition) is 9. The number of amides is 2. The first-order valence-electron chi connectivity index (χ1n) is 13.3. The molecule has 5 rings (SSSR count). The third kappa shape index (κ3) is 6.26. The Bertz CT molecular complexity index is 1340. The SMILES string of the molecule is COc1cccc(-c2ccc(N3CCN(C(=O)CN(CCN(C)C)C(=O)c4ccc5c(c4)OCO5)CC3)nn2)c1. The Morgan fingerprint density at radius 3 is 2.45 bits per heavy atom. The van der Waals surface area contributed by atoms with E-state index in [0.29, 0.717) is 56.3 Å². The van der Waals surface area contributed by atoms with E-state index in [-0.39, 0.29) is 25.2 Å². The summed E-state index contributed by atoms with van der Waals surface area (Å²) in [5.41, 5.74) is 2.17. The molecule has 2 aliphatic heterocycles. The topological polar surface area (TPSA) is 101 Å². The van der Waals surface area contributed by atoms with Gasteiger partial charge in [-0.05, 0) is 56.6 Å². The van der Waals surface area contributed by atoms with Crippen LogP contribution in [0.4, 0.5) is 5.82 Å². The van der Waals surface area contributed by atoms with Crippen LogP contribution in [0.1, 0.15) is 10.4 Å². The van der Waals surface area contributed by atoms with Crippen molar-refractivity contribution >= 4 is 17.6 Å². The fourth-order valence-corrected chi connectivity index (χ4v) is 4.66. The lowest BCUT2D eigenvalue weighted by molar-refractivity contribution is -0.132. The van der Waals surface area contributed by atoms with Crippen LogP contribution >= 0.6 is 0 Å². The van der Waals surface area contributed by atoms with E-state index in [1.165, 1.54) is 0 Å². The fraction of sp³-hybridized carbons (Fsp3) is 0.379. The molecule has 1 saturated heterocycles. The molecule has 0 radical (unpaired) electrons. The van der Waals surface area contributed by atoms with Crippen molar-refractivity contribution in [2.45, 2.75) is 0 Å². The summed E-state index contributed by atoms with van der Waals surface area (Å²) in [5.74, 6) is 2.40. The second kappa shape index (κ2) is 12.2. The maximum atomic E-state index is 13.4. The zero-order chi connectivity index (χ0) is 28.1. The standard InChI is InChI=1S/C29H34N6O5/c1-32(2)11-12-35(29(37)22-7-9-25-26(18-22)40-20-39-25)19-28(36)34-15-13-33(14-16-34)27-10-8-24(30-31-27)21-5-4-6-23(17-21)38-3/h4-10,17-18H,11-16,19-20H2,1-3H3. The number of benzene rings is 2. The van der Waals surface area contributed by atoms with Crippen LogP contribution in [0, 0.1) is 0 Å². The van der Waals surface area contributed by atoms with Crippen LogP contribution < -0.4 is 19.1 Å². The minimum Gasteiger partial charge on any atom is -0.497 e. The van der Waals surface area contributed by atoms with Crippen molar-refractivity contribution in [2.75, 3.05) is 78.7 Å². The van der Waals surface area contributed by atoms with E-state index in [1.807, 2.05) is 60.3 Å². The highest BCUT2D eigenvalue weighted by Gasteiger charge is 2.27. The Morgan fingerprint density at radius 2 is 1.73 bits per heavy atom. The molecule has 0 aliphatic carbocycles. The van der Waals surface area contributed by atoms with E-state index in [9.17, 15) is 9.59 Å². The van der Waals surface area contributed by atoms with Crippen LogP contribution in [0.5, 0.6) is 17.2 Å². The first-order valence-corrected chi connectivity index (χ1v) is 13.3. The third-order valence-electron chi connectivity index (χ3n) is 7.02. The quantitative estimate of drug-likeness (QED) is 0.400. The Labute approximate surface area is 233 Å². The van der Waals surface area contributed by atoms with Crippen molar-refractivity contribution in [3.05, 3.63) is 60.2 Å². The fourth-order valence-electron chi connectivity index (χ4n) is 4.66. The lowest BCUT2D eigenvalue weighted by Crippen LogP contribution is -2.52. The summed E-state index contributed by atoms with van der Waals surface area (Å²) in [7, 11) is 5.52. The number of carbonyl (C=O) groups excluding carboxylic acids is 2. The highest BCUT2D eigenvalue weighted by molar-refractivity contribution is 5.97. The smallest absolute Gasteiger partial charge is 0.254 e. The molecular weight excluding hydrogens is 512 g/mol. The van der Waals surface area contributed by atoms with Gasteiger partial charge in [-0.2, -0.15) is 0 Å². The van der Waals surface area contributed by atoms with E-state index < -0.39 is 0 Å². The molecule has 2 amide bonds. The number of aromatic nitrogens is 2. The Hall–Kier alpha value is -4.38. The summed E-state index contributed by atoms with van der Waals surface area (Å²) in [6.07, 6.45) is 0. The van der Waals surface area contributed by atoms with Gasteiger partial charge in [-0.25, -0.2) is 0 Å². The zero-order valence-electron chi connectivity index (χ0n) is 23.1. The molecule has 40 heavy (non-hydrogen) atoms. The van der Waals surface area contributed by atoms with Gasteiger partial charge in [0.15, 0.2) is 17.3 Å². The molecule has 0 spiro atoms. The first kappa shape index (κ1) is 27.2. The monoisotopic (exact) mass is 546 g/mol. The van der Waals surface area contributed by atoms with Gasteiger partial charge in [0.1, 0.15) is 12.3 Å². The largest absolute Gasteiger partial charge is 0.497 e. The van der Waals surface area contributed by atoms with E-state index >= 15 is 0 Å². The van der Waals surface area contributed by atoms with Crippen molar-refractivity contribution in [3.63, 3.8) is 0 Å². The van der Waals surface area contributed by atoms with Crippen LogP contribution in [-0.2, 0) is 4.79 Å². The molecule has 0 N–H and O–H groups in total. The van der Waals surface area contributed by atoms with E-state index in [1.54, 1.807) is 30.2 Å². The lowest BCUT2D eigenvalue weighted by Gasteiger charge is -2.36. The van der Waals surface area contributed by atoms with E-state index in [4.69, 9.17) is 14.2 Å². The number of nitrogens with zero attached hydrogens (tertiary/aromatic N) is 6. The minimum atomic E-state index is -0.210. The molecule has 210 valence electrons. The maximum absolute atomic E-state index is 13.4. The second-order valence-electron chi connectivity index (χ2n) is 9.97. The lowest BCUT2D eigenvalue weighted by atomic mass is 10.1. The number of rotatable bonds is 9. The molecule has 11 heteroatoms. The highest BCUT2D eigenvalue weighted by atomic mass is 16.7. The normalized spacial score (nSPS) is 14.4. The third-order valence-corrected chi connectivity index (χ3v) is 7.02. The number of methoxy groups -OCH3 is 1. The van der Waals surface area contributed by atoms with Crippen LogP contribution in [0.25, 0.3) is 11.3 Å². The molecular formula is C29H34N6O5. The summed E-state index contributed by atoms with van der Waals surface area (Å²) in [6, 6.07) is 16.7. The average molecular weight is 547 g/mol. The second-order valence-corrected chi connectivity index (χ2v) is 9.97. The number of anilines is 1. The molecule has 3 aromatic rings. The van der Waals surface area contributed by atoms with Crippen molar-refractivity contribution in [2.24, 2.45) is 0 Å². The predicted molar refractivity (Wildman–Crippen MR) is 150 cm³/mol. The summed E-state index contributed by atoms with van der Waals surface area (Å²) in [6.45, 7) is 3.56. The first-order chi connectivity index (χ1) is 19.4. The number of fused-ring (bicyclic) bond motifs is 1. The molecule has 3 heterocycles. The van der Waals surface area contributed by atoms with Gasteiger partial charge in [0, 0.05) is 50.4 Å². The van der Waals surface area contributed by atoms with Gasteiger partial charge in [0.25, 0.3) is 5.91 Å². The Kier molecular flexibility index (Phi) is 8.30. The van der Waals surface area contributed by atoms with Gasteiger partial charge in [0.05, 0.1) is 12.8 Å². The number of piperazine rings is 1. The predicted octanol–water partition coefficient (Wildman–Crippen LogP) is 2.23. The zero-order valence-corrected chi connectivity index (χ0v) is 23.1. The van der Waals surface area contributed by atoms with Crippen molar-refractivity contribution in [1.29, 1.82) is 0 Å². The van der Waals surface area contributed by atoms with E-state index in [2.05, 4.69) is 15.1 Å². The van der Waals surface area contributed by atoms with Gasteiger partial charge < -0.3 is 33.8 Å². The molecule has 11 nitrogen and oxygen atoms in total. The highest BCUT2D eigenvalue weighted by Crippen LogP contribution is 2.33. The summed E-state index contributed by atoms with van der Waals surface area (Å²) >= 11 is 0. The van der Waals surface area contributed by atoms with Gasteiger partial charge in [0.2, 0.25) is 12.7 Å². The van der Waals surface area contributed by atoms with Crippen LogP contribution in [0.2, 0.25) is 0 Å². The Balaban J connectivity index is 1.19. The van der Waals surface area contributed by atoms with Gasteiger partial charge >= 0.3 is 0 Å². The maximum Gasteiger partial charge on any atom is 0.254 e. The molecule has 0 atom stereocenters.